The molecule has 11 heteroatoms. The van der Waals surface area contributed by atoms with E-state index in [9.17, 15) is 23.1 Å². The molecule has 2 aromatic heterocycles. The van der Waals surface area contributed by atoms with Crippen LogP contribution in [0.15, 0.2) is 35.8 Å². The van der Waals surface area contributed by atoms with Gasteiger partial charge in [-0.05, 0) is 61.4 Å². The molecule has 0 amide bonds. The summed E-state index contributed by atoms with van der Waals surface area (Å²) in [6.45, 7) is 1.43. The first-order valence-electron chi connectivity index (χ1n) is 11.4. The number of carboxylic acid groups (broad SMARTS) is 1. The fraction of sp³-hybridized carbons (Fsp3) is 0.458. The van der Waals surface area contributed by atoms with Gasteiger partial charge in [0.15, 0.2) is 11.5 Å². The number of hydrogen-bond donors (Lipinski definition) is 2. The van der Waals surface area contributed by atoms with E-state index in [1.165, 1.54) is 17.5 Å². The van der Waals surface area contributed by atoms with Gasteiger partial charge in [-0.25, -0.2) is 9.97 Å². The molecule has 1 aliphatic carbocycles. The number of hydrogen-bond acceptors (Lipinski definition) is 7. The van der Waals surface area contributed by atoms with Crippen LogP contribution >= 0.6 is 11.3 Å². The van der Waals surface area contributed by atoms with Gasteiger partial charge in [0, 0.05) is 17.6 Å². The molecule has 3 unspecified atom stereocenters. The molecule has 3 aromatic rings. The van der Waals surface area contributed by atoms with Crippen molar-refractivity contribution in [2.75, 3.05) is 19.8 Å². The Morgan fingerprint density at radius 3 is 2.80 bits per heavy atom. The van der Waals surface area contributed by atoms with Crippen molar-refractivity contribution in [3.05, 3.63) is 47.2 Å². The topological polar surface area (TPSA) is 93.6 Å². The Hall–Kier alpha value is -2.92. The average Bonchev–Trinajstić information content (AvgIpc) is 3.31. The van der Waals surface area contributed by atoms with Gasteiger partial charge in [0.1, 0.15) is 29.3 Å². The van der Waals surface area contributed by atoms with E-state index in [0.29, 0.717) is 47.9 Å². The molecule has 3 heterocycles. The maximum atomic E-state index is 14.3. The van der Waals surface area contributed by atoms with Crippen molar-refractivity contribution >= 4 is 27.5 Å². The monoisotopic (exact) mass is 507 g/mol. The highest BCUT2D eigenvalue weighted by Gasteiger charge is 2.62. The first kappa shape index (κ1) is 23.8. The summed E-state index contributed by atoms with van der Waals surface area (Å²) in [7, 11) is 0. The average molecular weight is 508 g/mol. The number of halogens is 3. The number of aromatic nitrogens is 2. The summed E-state index contributed by atoms with van der Waals surface area (Å²) >= 11 is 1.25. The highest BCUT2D eigenvalue weighted by atomic mass is 32.1. The van der Waals surface area contributed by atoms with Crippen molar-refractivity contribution in [1.29, 1.82) is 0 Å². The van der Waals surface area contributed by atoms with Gasteiger partial charge < -0.3 is 19.9 Å². The highest BCUT2D eigenvalue weighted by Crippen LogP contribution is 2.50. The standard InChI is InChI=1S/C24H24F3N3O4S/c25-24(26,27)19-12-16(28-7-4-14-1-2-17-18(11-14)34-9-8-33-17)3-6-23(19,22(31)32)21-29-13-15-5-10-35-20(15)30-21/h1-2,5,10-11,13,16,19,28H,3-4,6-9,12H2,(H,31,32). The van der Waals surface area contributed by atoms with E-state index >= 15 is 0 Å². The largest absolute Gasteiger partial charge is 0.486 e. The van der Waals surface area contributed by atoms with Gasteiger partial charge in [-0.1, -0.05) is 6.07 Å². The van der Waals surface area contributed by atoms with Crippen molar-refractivity contribution in [2.45, 2.75) is 43.3 Å². The highest BCUT2D eigenvalue weighted by molar-refractivity contribution is 7.16. The van der Waals surface area contributed by atoms with Crippen molar-refractivity contribution in [3.63, 3.8) is 0 Å². The Morgan fingerprint density at radius 2 is 2.03 bits per heavy atom. The molecule has 0 spiro atoms. The Labute approximate surface area is 203 Å². The Balaban J connectivity index is 1.32. The Kier molecular flexibility index (Phi) is 6.30. The Bertz CT molecular complexity index is 1230. The first-order chi connectivity index (χ1) is 16.8. The van der Waals surface area contributed by atoms with Crippen LogP contribution in [0.25, 0.3) is 10.2 Å². The second-order valence-electron chi connectivity index (χ2n) is 8.90. The van der Waals surface area contributed by atoms with Crippen LogP contribution in [0.1, 0.15) is 30.7 Å². The summed E-state index contributed by atoms with van der Waals surface area (Å²) in [5, 5.41) is 15.7. The Morgan fingerprint density at radius 1 is 1.23 bits per heavy atom. The molecule has 35 heavy (non-hydrogen) atoms. The summed E-state index contributed by atoms with van der Waals surface area (Å²) in [5.74, 6) is -2.56. The third kappa shape index (κ3) is 4.54. The molecule has 7 nitrogen and oxygen atoms in total. The number of aliphatic carboxylic acids is 1. The number of benzene rings is 1. The molecular formula is C24H24F3N3O4S. The van der Waals surface area contributed by atoms with Crippen LogP contribution in [0.3, 0.4) is 0 Å². The SMILES string of the molecule is O=C(O)C1(c2ncc3ccsc3n2)CCC(NCCc2ccc3c(c2)OCCO3)CC1C(F)(F)F. The van der Waals surface area contributed by atoms with Crippen LogP contribution in [-0.2, 0) is 16.6 Å². The van der Waals surface area contributed by atoms with Gasteiger partial charge >= 0.3 is 12.1 Å². The van der Waals surface area contributed by atoms with E-state index in [2.05, 4.69) is 15.3 Å². The van der Waals surface area contributed by atoms with Crippen LogP contribution in [0.4, 0.5) is 13.2 Å². The predicted molar refractivity (Wildman–Crippen MR) is 123 cm³/mol. The summed E-state index contributed by atoms with van der Waals surface area (Å²) in [4.78, 5) is 21.3. The van der Waals surface area contributed by atoms with Crippen molar-refractivity contribution in [1.82, 2.24) is 15.3 Å². The van der Waals surface area contributed by atoms with E-state index in [1.54, 1.807) is 11.4 Å². The molecule has 2 aliphatic rings. The summed E-state index contributed by atoms with van der Waals surface area (Å²) in [6, 6.07) is 6.89. The minimum Gasteiger partial charge on any atom is -0.486 e. The number of nitrogens with one attached hydrogen (secondary N) is 1. The van der Waals surface area contributed by atoms with Gasteiger partial charge in [0.2, 0.25) is 0 Å². The number of fused-ring (bicyclic) bond motifs is 2. The lowest BCUT2D eigenvalue weighted by atomic mass is 9.63. The third-order valence-electron chi connectivity index (χ3n) is 6.84. The van der Waals surface area contributed by atoms with Crippen molar-refractivity contribution < 1.29 is 32.5 Å². The lowest BCUT2D eigenvalue weighted by Gasteiger charge is -2.43. The molecule has 1 fully saturated rings. The van der Waals surface area contributed by atoms with Crippen molar-refractivity contribution in [3.8, 4) is 11.5 Å². The maximum Gasteiger partial charge on any atom is 0.393 e. The molecule has 1 aliphatic heterocycles. The zero-order chi connectivity index (χ0) is 24.6. The second-order valence-corrected chi connectivity index (χ2v) is 9.79. The molecule has 5 rings (SSSR count). The molecule has 0 radical (unpaired) electrons. The van der Waals surface area contributed by atoms with E-state index in [1.807, 2.05) is 18.2 Å². The number of carboxylic acids is 1. The number of carbonyl (C=O) groups is 1. The fourth-order valence-electron chi connectivity index (χ4n) is 5.03. The summed E-state index contributed by atoms with van der Waals surface area (Å²) in [6.07, 6.45) is -3.02. The van der Waals surface area contributed by atoms with Crippen LogP contribution in [0.5, 0.6) is 11.5 Å². The lowest BCUT2D eigenvalue weighted by Crippen LogP contribution is -2.56. The first-order valence-corrected chi connectivity index (χ1v) is 12.3. The number of thiophene rings is 1. The van der Waals surface area contributed by atoms with E-state index in [4.69, 9.17) is 9.47 Å². The fourth-order valence-corrected chi connectivity index (χ4v) is 5.77. The molecule has 1 saturated carbocycles. The van der Waals surface area contributed by atoms with Crippen LogP contribution in [-0.4, -0.2) is 53.0 Å². The number of ether oxygens (including phenoxy) is 2. The number of nitrogens with zero attached hydrogens (tertiary/aromatic N) is 2. The lowest BCUT2D eigenvalue weighted by molar-refractivity contribution is -0.212. The van der Waals surface area contributed by atoms with Crippen molar-refractivity contribution in [2.24, 2.45) is 5.92 Å². The molecule has 1 aromatic carbocycles. The second kappa shape index (κ2) is 9.27. The van der Waals surface area contributed by atoms with Gasteiger partial charge in [0.25, 0.3) is 0 Å². The van der Waals surface area contributed by atoms with Crippen LogP contribution in [0, 0.1) is 5.92 Å². The number of rotatable bonds is 6. The molecule has 186 valence electrons. The minimum absolute atomic E-state index is 0.203. The molecule has 3 atom stereocenters. The van der Waals surface area contributed by atoms with Crippen LogP contribution < -0.4 is 14.8 Å². The molecule has 2 N–H and O–H groups in total. The van der Waals surface area contributed by atoms with Gasteiger partial charge in [-0.15, -0.1) is 11.3 Å². The van der Waals surface area contributed by atoms with Crippen LogP contribution in [0.2, 0.25) is 0 Å². The van der Waals surface area contributed by atoms with Gasteiger partial charge in [0.05, 0.1) is 5.92 Å². The number of alkyl halides is 3. The quantitative estimate of drug-likeness (QED) is 0.513. The molecule has 0 saturated heterocycles. The normalized spacial score (nSPS) is 24.4. The molecular weight excluding hydrogens is 483 g/mol. The maximum absolute atomic E-state index is 14.3. The summed E-state index contributed by atoms with van der Waals surface area (Å²) in [5.41, 5.74) is -1.24. The predicted octanol–water partition coefficient (Wildman–Crippen LogP) is 4.35. The van der Waals surface area contributed by atoms with Gasteiger partial charge in [-0.2, -0.15) is 13.2 Å². The smallest absolute Gasteiger partial charge is 0.393 e. The van der Waals surface area contributed by atoms with Gasteiger partial charge in [-0.3, -0.25) is 4.79 Å². The minimum atomic E-state index is -4.72. The van der Waals surface area contributed by atoms with E-state index < -0.39 is 29.5 Å². The summed E-state index contributed by atoms with van der Waals surface area (Å²) < 4.78 is 54.0. The zero-order valence-electron chi connectivity index (χ0n) is 18.7. The third-order valence-corrected chi connectivity index (χ3v) is 7.66. The van der Waals surface area contributed by atoms with E-state index in [-0.39, 0.29) is 25.1 Å². The van der Waals surface area contributed by atoms with E-state index in [0.717, 1.165) is 5.56 Å². The zero-order valence-corrected chi connectivity index (χ0v) is 19.5. The molecule has 0 bridgehead atoms.